The molecule has 146 valence electrons. The highest BCUT2D eigenvalue weighted by atomic mass is 35.5. The number of nitrogens with one attached hydrogen (secondary N) is 1. The number of carbonyl (C=O) groups excluding carboxylic acids is 1. The largest absolute Gasteiger partial charge is 0.470 e. The van der Waals surface area contributed by atoms with E-state index in [1.54, 1.807) is 0 Å². The second-order valence-electron chi connectivity index (χ2n) is 7.93. The van der Waals surface area contributed by atoms with Crippen molar-refractivity contribution in [2.24, 2.45) is 5.92 Å². The minimum Gasteiger partial charge on any atom is -0.470 e. The first-order valence-electron chi connectivity index (χ1n) is 9.27. The summed E-state index contributed by atoms with van der Waals surface area (Å²) < 4.78 is 11.5. The van der Waals surface area contributed by atoms with Crippen LogP contribution in [0, 0.1) is 5.92 Å². The molecule has 6 nitrogen and oxygen atoms in total. The highest BCUT2D eigenvalue weighted by Gasteiger charge is 2.41. The Morgan fingerprint density at radius 2 is 2.04 bits per heavy atom. The van der Waals surface area contributed by atoms with Gasteiger partial charge < -0.3 is 14.8 Å². The molecule has 0 bridgehead atoms. The number of aromatic nitrogens is 2. The number of rotatable bonds is 4. The number of halogens is 1. The summed E-state index contributed by atoms with van der Waals surface area (Å²) in [6, 6.07) is 5.50. The van der Waals surface area contributed by atoms with E-state index in [1.165, 1.54) is 5.56 Å². The second kappa shape index (κ2) is 7.60. The third-order valence-electron chi connectivity index (χ3n) is 4.64. The van der Waals surface area contributed by atoms with E-state index in [0.717, 1.165) is 17.5 Å². The van der Waals surface area contributed by atoms with Crippen molar-refractivity contribution in [2.75, 3.05) is 6.54 Å². The number of hydrogen-bond donors (Lipinski definition) is 1. The quantitative estimate of drug-likeness (QED) is 0.803. The van der Waals surface area contributed by atoms with Gasteiger partial charge in [-0.25, -0.2) is 9.97 Å². The van der Waals surface area contributed by atoms with Crippen molar-refractivity contribution in [1.29, 1.82) is 0 Å². The first-order valence-corrected chi connectivity index (χ1v) is 9.65. The number of esters is 1. The topological polar surface area (TPSA) is 73.3 Å². The number of nitrogens with zero attached hydrogens (tertiary/aromatic N) is 2. The summed E-state index contributed by atoms with van der Waals surface area (Å²) in [6.07, 6.45) is 0.665. The van der Waals surface area contributed by atoms with Gasteiger partial charge in [0.2, 0.25) is 0 Å². The number of fused-ring (bicyclic) bond motifs is 1. The Bertz CT molecular complexity index is 850. The maximum Gasteiger partial charge on any atom is 0.324 e. The lowest BCUT2D eigenvalue weighted by atomic mass is 10.0. The van der Waals surface area contributed by atoms with Crippen LogP contribution in [0.2, 0.25) is 5.15 Å². The average molecular weight is 392 g/mol. The zero-order chi connectivity index (χ0) is 19.8. The van der Waals surface area contributed by atoms with Crippen LogP contribution in [0.1, 0.15) is 40.2 Å². The Morgan fingerprint density at radius 3 is 2.70 bits per heavy atom. The first-order chi connectivity index (χ1) is 12.7. The molecule has 1 aromatic heterocycles. The number of aryl methyl sites for hydroxylation is 1. The Labute approximate surface area is 164 Å². The van der Waals surface area contributed by atoms with Crippen LogP contribution in [0.15, 0.2) is 18.2 Å². The zero-order valence-corrected chi connectivity index (χ0v) is 17.1. The molecule has 1 aromatic carbocycles. The average Bonchev–Trinajstić information content (AvgIpc) is 2.94. The fraction of sp³-hybridized carbons (Fsp3) is 0.550. The van der Waals surface area contributed by atoms with Crippen molar-refractivity contribution in [2.45, 2.75) is 58.8 Å². The van der Waals surface area contributed by atoms with Crippen molar-refractivity contribution >= 4 is 28.6 Å². The van der Waals surface area contributed by atoms with Gasteiger partial charge >= 0.3 is 5.97 Å². The Balaban J connectivity index is 1.77. The lowest BCUT2D eigenvalue weighted by Gasteiger charge is -2.24. The number of carbonyl (C=O) groups is 1. The van der Waals surface area contributed by atoms with Crippen LogP contribution in [0.5, 0.6) is 5.88 Å². The van der Waals surface area contributed by atoms with Gasteiger partial charge in [0.25, 0.3) is 5.88 Å². The van der Waals surface area contributed by atoms with E-state index in [4.69, 9.17) is 21.1 Å². The monoisotopic (exact) mass is 391 g/mol. The predicted octanol–water partition coefficient (Wildman–Crippen LogP) is 3.54. The van der Waals surface area contributed by atoms with E-state index in [0.29, 0.717) is 12.4 Å². The lowest BCUT2D eigenvalue weighted by Crippen LogP contribution is -2.40. The summed E-state index contributed by atoms with van der Waals surface area (Å²) in [6.45, 7) is 10.1. The third-order valence-corrected chi connectivity index (χ3v) is 4.89. The molecule has 1 aliphatic rings. The number of hydrogen-bond acceptors (Lipinski definition) is 6. The summed E-state index contributed by atoms with van der Waals surface area (Å²) in [4.78, 5) is 21.3. The van der Waals surface area contributed by atoms with Gasteiger partial charge in [0.15, 0.2) is 5.15 Å². The van der Waals surface area contributed by atoms with Crippen molar-refractivity contribution in [1.82, 2.24) is 15.3 Å². The molecule has 2 heterocycles. The van der Waals surface area contributed by atoms with Gasteiger partial charge in [-0.05, 0) is 44.9 Å². The molecule has 0 spiro atoms. The lowest BCUT2D eigenvalue weighted by molar-refractivity contribution is -0.158. The van der Waals surface area contributed by atoms with E-state index in [1.807, 2.05) is 45.9 Å². The Kier molecular flexibility index (Phi) is 5.58. The van der Waals surface area contributed by atoms with Gasteiger partial charge in [-0.3, -0.25) is 4.79 Å². The van der Waals surface area contributed by atoms with E-state index < -0.39 is 11.6 Å². The van der Waals surface area contributed by atoms with E-state index >= 15 is 0 Å². The molecule has 0 amide bonds. The molecule has 1 N–H and O–H groups in total. The third kappa shape index (κ3) is 4.50. The van der Waals surface area contributed by atoms with Crippen LogP contribution in [0.3, 0.4) is 0 Å². The smallest absolute Gasteiger partial charge is 0.324 e. The molecule has 3 rings (SSSR count). The Morgan fingerprint density at radius 1 is 1.30 bits per heavy atom. The summed E-state index contributed by atoms with van der Waals surface area (Å²) in [5.41, 5.74) is 2.12. The van der Waals surface area contributed by atoms with Gasteiger partial charge in [-0.1, -0.05) is 31.5 Å². The molecule has 3 atom stereocenters. The van der Waals surface area contributed by atoms with E-state index in [9.17, 15) is 4.79 Å². The van der Waals surface area contributed by atoms with Gasteiger partial charge in [0.1, 0.15) is 17.7 Å². The zero-order valence-electron chi connectivity index (χ0n) is 16.4. The molecule has 1 aliphatic heterocycles. The first kappa shape index (κ1) is 19.8. The van der Waals surface area contributed by atoms with Crippen LogP contribution in [-0.2, 0) is 16.0 Å². The summed E-state index contributed by atoms with van der Waals surface area (Å²) in [5, 5.41) is 3.41. The van der Waals surface area contributed by atoms with Gasteiger partial charge in [0, 0.05) is 12.5 Å². The normalized spacial score (nSPS) is 22.8. The van der Waals surface area contributed by atoms with Crippen molar-refractivity contribution in [3.63, 3.8) is 0 Å². The maximum atomic E-state index is 12.4. The fourth-order valence-electron chi connectivity index (χ4n) is 3.14. The van der Waals surface area contributed by atoms with E-state index in [-0.39, 0.29) is 23.1 Å². The van der Waals surface area contributed by atoms with E-state index in [2.05, 4.69) is 22.2 Å². The van der Waals surface area contributed by atoms with Crippen LogP contribution in [0.25, 0.3) is 11.0 Å². The fourth-order valence-corrected chi connectivity index (χ4v) is 3.32. The van der Waals surface area contributed by atoms with Crippen molar-refractivity contribution in [3.05, 3.63) is 28.9 Å². The standard InChI is InChI=1S/C20H26ClN3O3/c1-6-12-7-8-13-14(9-12)24-18(17(21)23-13)26-15-10-22-16(11(15)2)19(25)27-20(3,4)5/h7-9,11,15-16,22H,6,10H2,1-5H3/t11-,15+,16+/m1/s1. The Hall–Kier alpha value is -1.92. The maximum absolute atomic E-state index is 12.4. The molecule has 0 aliphatic carbocycles. The van der Waals surface area contributed by atoms with Crippen LogP contribution in [0.4, 0.5) is 0 Å². The summed E-state index contributed by atoms with van der Waals surface area (Å²) in [5.74, 6) is -0.0688. The molecule has 0 saturated carbocycles. The van der Waals surface area contributed by atoms with Crippen LogP contribution in [-0.4, -0.2) is 40.2 Å². The summed E-state index contributed by atoms with van der Waals surface area (Å²) in [7, 11) is 0. The van der Waals surface area contributed by atoms with Crippen LogP contribution < -0.4 is 10.1 Å². The molecule has 7 heteroatoms. The highest BCUT2D eigenvalue weighted by Crippen LogP contribution is 2.29. The number of ether oxygens (including phenoxy) is 2. The molecule has 1 saturated heterocycles. The molecule has 0 radical (unpaired) electrons. The molecular formula is C20H26ClN3O3. The molecule has 0 unspecified atom stereocenters. The minimum atomic E-state index is -0.526. The molecular weight excluding hydrogens is 366 g/mol. The molecule has 1 fully saturated rings. The SMILES string of the molecule is CCc1ccc2nc(Cl)c(O[C@H]3CN[C@H](C(=O)OC(C)(C)C)[C@@H]3C)nc2c1. The second-order valence-corrected chi connectivity index (χ2v) is 8.29. The minimum absolute atomic E-state index is 0.0876. The van der Waals surface area contributed by atoms with Crippen molar-refractivity contribution in [3.8, 4) is 5.88 Å². The molecule has 27 heavy (non-hydrogen) atoms. The van der Waals surface area contributed by atoms with Gasteiger partial charge in [0.05, 0.1) is 11.0 Å². The van der Waals surface area contributed by atoms with Gasteiger partial charge in [-0.15, -0.1) is 0 Å². The van der Waals surface area contributed by atoms with Gasteiger partial charge in [-0.2, -0.15) is 0 Å². The predicted molar refractivity (Wildman–Crippen MR) is 105 cm³/mol. The number of benzene rings is 1. The highest BCUT2D eigenvalue weighted by molar-refractivity contribution is 6.31. The van der Waals surface area contributed by atoms with Crippen molar-refractivity contribution < 1.29 is 14.3 Å². The summed E-state index contributed by atoms with van der Waals surface area (Å²) >= 11 is 6.28. The van der Waals surface area contributed by atoms with Crippen LogP contribution >= 0.6 is 11.6 Å². The molecule has 2 aromatic rings.